The SMILES string of the molecule is c1ccc(-n2c3ccccc3c3ccc(-c4ccc(N(c5ccc(-c6ccc7c(c6)[se]c6ccccc67)cc5)c5ccc6oc7ccccc7c6c5)cc4)cc32)cc1. The number of para-hydroxylation sites is 3. The molecular weight excluding hydrogens is 772 g/mol. The Balaban J connectivity index is 0.956. The van der Waals surface area contributed by atoms with Crippen molar-refractivity contribution in [3.05, 3.63) is 206 Å². The average molecular weight is 806 g/mol. The van der Waals surface area contributed by atoms with Crippen molar-refractivity contribution < 1.29 is 4.42 Å². The Hall–Kier alpha value is -7.10. The molecule has 0 saturated carbocycles. The molecule has 4 heteroatoms. The van der Waals surface area contributed by atoms with Crippen molar-refractivity contribution in [2.24, 2.45) is 0 Å². The molecule has 12 aromatic rings. The van der Waals surface area contributed by atoms with E-state index in [1.165, 1.54) is 63.4 Å². The standard InChI is InChI=1S/C54H34N2OSe/c1-2-10-39(11-3-1)56-49-15-7-4-12-43(49)44-29-22-37(32-50(44)56)35-18-24-40(25-19-35)55(42-28-31-52-48(34-42)45-13-5-8-16-51(45)57-52)41-26-20-36(21-27-41)38-23-30-47-46-14-6-9-17-53(46)58-54(47)33-38/h1-34H. The van der Waals surface area contributed by atoms with Crippen LogP contribution in [-0.2, 0) is 0 Å². The Morgan fingerprint density at radius 3 is 1.67 bits per heavy atom. The number of anilines is 3. The van der Waals surface area contributed by atoms with Crippen LogP contribution >= 0.6 is 0 Å². The summed E-state index contributed by atoms with van der Waals surface area (Å²) in [5.74, 6) is 0. The van der Waals surface area contributed by atoms with E-state index < -0.39 is 0 Å². The van der Waals surface area contributed by atoms with Crippen LogP contribution in [0.25, 0.3) is 91.0 Å². The van der Waals surface area contributed by atoms with Gasteiger partial charge in [-0.25, -0.2) is 0 Å². The molecule has 3 aromatic heterocycles. The largest absolute Gasteiger partial charge is 0.0602 e. The number of furan rings is 1. The van der Waals surface area contributed by atoms with E-state index in [0.29, 0.717) is 14.5 Å². The minimum atomic E-state index is 0.326. The zero-order chi connectivity index (χ0) is 38.2. The van der Waals surface area contributed by atoms with E-state index in [0.717, 1.165) is 44.7 Å². The van der Waals surface area contributed by atoms with Crippen molar-refractivity contribution in [2.45, 2.75) is 0 Å². The smallest absolute Gasteiger partial charge is 0.0547 e. The number of hydrogen-bond acceptors (Lipinski definition) is 2. The molecule has 12 rings (SSSR count). The fourth-order valence-corrected chi connectivity index (χ4v) is 11.2. The van der Waals surface area contributed by atoms with Gasteiger partial charge in [0.05, 0.1) is 11.0 Å². The predicted octanol–water partition coefficient (Wildman–Crippen LogP) is 14.9. The Morgan fingerprint density at radius 2 is 0.897 bits per heavy atom. The van der Waals surface area contributed by atoms with E-state index in [-0.39, 0.29) is 0 Å². The third-order valence-electron chi connectivity index (χ3n) is 11.6. The van der Waals surface area contributed by atoms with Crippen LogP contribution in [0.15, 0.2) is 211 Å². The number of rotatable bonds is 6. The summed E-state index contributed by atoms with van der Waals surface area (Å²) in [6, 6.07) is 74.9. The summed E-state index contributed by atoms with van der Waals surface area (Å²) >= 11 is 0.326. The molecule has 0 aliphatic heterocycles. The van der Waals surface area contributed by atoms with Crippen LogP contribution in [0.1, 0.15) is 0 Å². The summed E-state index contributed by atoms with van der Waals surface area (Å²) in [5, 5.41) is 7.51. The van der Waals surface area contributed by atoms with Crippen LogP contribution in [0.3, 0.4) is 0 Å². The van der Waals surface area contributed by atoms with Crippen molar-refractivity contribution >= 4 is 94.6 Å². The van der Waals surface area contributed by atoms with Crippen molar-refractivity contribution in [3.63, 3.8) is 0 Å². The van der Waals surface area contributed by atoms with E-state index >= 15 is 0 Å². The molecule has 9 aromatic carbocycles. The van der Waals surface area contributed by atoms with Crippen LogP contribution in [0.4, 0.5) is 17.1 Å². The summed E-state index contributed by atoms with van der Waals surface area (Å²) in [6.45, 7) is 0. The molecule has 0 amide bonds. The fraction of sp³-hybridized carbons (Fsp3) is 0. The topological polar surface area (TPSA) is 21.3 Å². The van der Waals surface area contributed by atoms with Gasteiger partial charge < -0.3 is 8.98 Å². The third-order valence-corrected chi connectivity index (χ3v) is 14.0. The second-order valence-corrected chi connectivity index (χ2v) is 17.2. The van der Waals surface area contributed by atoms with Crippen molar-refractivity contribution in [2.75, 3.05) is 4.90 Å². The second kappa shape index (κ2) is 13.2. The minimum Gasteiger partial charge on any atom is -0.0602 e. The van der Waals surface area contributed by atoms with Gasteiger partial charge in [-0.15, -0.1) is 0 Å². The molecule has 3 heterocycles. The van der Waals surface area contributed by atoms with Gasteiger partial charge in [0.2, 0.25) is 0 Å². The molecule has 3 nitrogen and oxygen atoms in total. The number of fused-ring (bicyclic) bond motifs is 9. The predicted molar refractivity (Wildman–Crippen MR) is 246 cm³/mol. The maximum Gasteiger partial charge on any atom is 0.0547 e. The maximum atomic E-state index is 6.25. The first-order valence-electron chi connectivity index (χ1n) is 19.7. The molecular formula is C54H34N2OSe. The molecule has 0 aliphatic carbocycles. The van der Waals surface area contributed by atoms with Gasteiger partial charge in [0.1, 0.15) is 5.58 Å². The average Bonchev–Trinajstić information content (AvgIpc) is 3.96. The molecule has 0 bridgehead atoms. The number of hydrogen-bond donors (Lipinski definition) is 0. The van der Waals surface area contributed by atoms with Gasteiger partial charge in [-0.2, -0.15) is 0 Å². The summed E-state index contributed by atoms with van der Waals surface area (Å²) in [5.41, 5.74) is 13.4. The van der Waals surface area contributed by atoms with Gasteiger partial charge in [-0.05, 0) is 35.9 Å². The Kier molecular flexibility index (Phi) is 7.56. The van der Waals surface area contributed by atoms with Crippen LogP contribution < -0.4 is 4.90 Å². The quantitative estimate of drug-likeness (QED) is 0.156. The maximum absolute atomic E-state index is 6.25. The van der Waals surface area contributed by atoms with Crippen LogP contribution in [0, 0.1) is 0 Å². The zero-order valence-corrected chi connectivity index (χ0v) is 33.1. The summed E-state index contributed by atoms with van der Waals surface area (Å²) in [4.78, 5) is 2.35. The van der Waals surface area contributed by atoms with Gasteiger partial charge in [0.25, 0.3) is 0 Å². The molecule has 0 atom stereocenters. The summed E-state index contributed by atoms with van der Waals surface area (Å²) in [7, 11) is 0. The van der Waals surface area contributed by atoms with E-state index in [1.54, 1.807) is 0 Å². The van der Waals surface area contributed by atoms with Crippen molar-refractivity contribution in [1.82, 2.24) is 4.57 Å². The first-order chi connectivity index (χ1) is 28.7. The summed E-state index contributed by atoms with van der Waals surface area (Å²) < 4.78 is 11.6. The fourth-order valence-electron chi connectivity index (χ4n) is 8.82. The molecule has 0 fully saturated rings. The molecule has 0 radical (unpaired) electrons. The number of benzene rings is 9. The molecule has 0 saturated heterocycles. The number of nitrogens with zero attached hydrogens (tertiary/aromatic N) is 2. The van der Waals surface area contributed by atoms with E-state index in [9.17, 15) is 0 Å². The normalized spacial score (nSPS) is 11.8. The molecule has 0 spiro atoms. The number of aromatic nitrogens is 1. The van der Waals surface area contributed by atoms with Crippen LogP contribution in [0.2, 0.25) is 0 Å². The first-order valence-corrected chi connectivity index (χ1v) is 21.4. The Bertz CT molecular complexity index is 3500. The second-order valence-electron chi connectivity index (χ2n) is 14.9. The van der Waals surface area contributed by atoms with Crippen LogP contribution in [-0.4, -0.2) is 19.1 Å². The molecule has 58 heavy (non-hydrogen) atoms. The van der Waals surface area contributed by atoms with Crippen LogP contribution in [0.5, 0.6) is 0 Å². The molecule has 0 unspecified atom stereocenters. The summed E-state index contributed by atoms with van der Waals surface area (Å²) in [6.07, 6.45) is 0. The van der Waals surface area contributed by atoms with E-state index in [4.69, 9.17) is 4.42 Å². The van der Waals surface area contributed by atoms with E-state index in [1.807, 2.05) is 12.1 Å². The minimum absolute atomic E-state index is 0.326. The Labute approximate surface area is 341 Å². The van der Waals surface area contributed by atoms with Gasteiger partial charge in [0, 0.05) is 16.5 Å². The Morgan fingerprint density at radius 1 is 0.345 bits per heavy atom. The van der Waals surface area contributed by atoms with Gasteiger partial charge >= 0.3 is 198 Å². The van der Waals surface area contributed by atoms with Crippen molar-refractivity contribution in [1.29, 1.82) is 0 Å². The molecule has 0 aliphatic rings. The third kappa shape index (κ3) is 5.34. The first kappa shape index (κ1) is 33.1. The van der Waals surface area contributed by atoms with Gasteiger partial charge in [-0.3, -0.25) is 0 Å². The monoisotopic (exact) mass is 806 g/mol. The van der Waals surface area contributed by atoms with E-state index in [2.05, 4.69) is 204 Å². The molecule has 272 valence electrons. The zero-order valence-electron chi connectivity index (χ0n) is 31.3. The van der Waals surface area contributed by atoms with Crippen molar-refractivity contribution in [3.8, 4) is 27.9 Å². The van der Waals surface area contributed by atoms with Gasteiger partial charge in [0.15, 0.2) is 0 Å². The molecule has 0 N–H and O–H groups in total. The van der Waals surface area contributed by atoms with Gasteiger partial charge in [-0.1, -0.05) is 66.7 Å².